The quantitative estimate of drug-likeness (QED) is 0.149. The number of nitrogens with one attached hydrogen (secondary N) is 1. The molecule has 2 atom stereocenters. The van der Waals surface area contributed by atoms with Crippen LogP contribution in [0, 0.1) is 0 Å². The van der Waals surface area contributed by atoms with Crippen molar-refractivity contribution in [3.05, 3.63) is 33.4 Å². The molecule has 1 unspecified atom stereocenters. The van der Waals surface area contributed by atoms with Crippen LogP contribution in [-0.4, -0.2) is 73.3 Å². The highest BCUT2D eigenvalue weighted by Crippen LogP contribution is 2.55. The monoisotopic (exact) mass is 556 g/mol. The van der Waals surface area contributed by atoms with Crippen molar-refractivity contribution in [2.75, 3.05) is 18.6 Å². The van der Waals surface area contributed by atoms with E-state index in [4.69, 9.17) is 10.8 Å². The first-order valence-electron chi connectivity index (χ1n) is 9.54. The Hall–Kier alpha value is -3.15. The summed E-state index contributed by atoms with van der Waals surface area (Å²) in [6.45, 7) is 0. The van der Waals surface area contributed by atoms with E-state index in [-0.39, 0.29) is 45.9 Å². The minimum atomic E-state index is -1.51. The number of aliphatic carboxylic acids is 1. The molecule has 5 N–H and O–H groups in total. The number of rotatable bonds is 9. The molecular formula is C18H16N6O7S4. The Balaban J connectivity index is 1.85. The van der Waals surface area contributed by atoms with Gasteiger partial charge in [0.05, 0.1) is 17.5 Å². The number of anilines is 1. The summed E-state index contributed by atoms with van der Waals surface area (Å²) in [4.78, 5) is 61.3. The predicted molar refractivity (Wildman–Crippen MR) is 129 cm³/mol. The van der Waals surface area contributed by atoms with Crippen LogP contribution in [0.3, 0.4) is 0 Å². The summed E-state index contributed by atoms with van der Waals surface area (Å²) >= 11 is 4.40. The summed E-state index contributed by atoms with van der Waals surface area (Å²) in [6.07, 6.45) is 0.960. The first kappa shape index (κ1) is 25.0. The van der Waals surface area contributed by atoms with Crippen LogP contribution in [0.15, 0.2) is 31.5 Å². The molecule has 17 heteroatoms. The van der Waals surface area contributed by atoms with Crippen LogP contribution in [0.2, 0.25) is 0 Å². The van der Waals surface area contributed by atoms with Crippen LogP contribution < -0.4 is 11.1 Å². The zero-order valence-electron chi connectivity index (χ0n) is 17.7. The van der Waals surface area contributed by atoms with E-state index >= 15 is 0 Å². The summed E-state index contributed by atoms with van der Waals surface area (Å²) in [7, 11) is 1.26. The van der Waals surface area contributed by atoms with Gasteiger partial charge in [0.1, 0.15) is 19.0 Å². The summed E-state index contributed by atoms with van der Waals surface area (Å²) in [5.41, 5.74) is 5.86. The van der Waals surface area contributed by atoms with E-state index in [1.807, 2.05) is 0 Å². The molecule has 1 fully saturated rings. The van der Waals surface area contributed by atoms with Crippen molar-refractivity contribution in [3.63, 3.8) is 0 Å². The van der Waals surface area contributed by atoms with Crippen LogP contribution in [0.25, 0.3) is 0 Å². The molecule has 2 aromatic heterocycles. The van der Waals surface area contributed by atoms with Gasteiger partial charge in [-0.15, -0.1) is 22.7 Å². The Bertz CT molecular complexity index is 1270. The molecule has 0 bridgehead atoms. The van der Waals surface area contributed by atoms with E-state index in [0.29, 0.717) is 4.34 Å². The van der Waals surface area contributed by atoms with E-state index in [9.17, 15) is 24.3 Å². The third kappa shape index (κ3) is 4.71. The fourth-order valence-corrected chi connectivity index (χ4v) is 7.77. The second kappa shape index (κ2) is 9.84. The average molecular weight is 557 g/mol. The smallest absolute Gasteiger partial charge is 0.355 e. The van der Waals surface area contributed by atoms with Gasteiger partial charge in [-0.05, 0) is 0 Å². The van der Waals surface area contributed by atoms with E-state index in [1.54, 1.807) is 5.38 Å². The standard InChI is InChI=1S/C18H16N6O7S4/c1-31-20-3-10(25)23-18(9-6-32-16(19)22-9)7(4-33-17-21-8(5-34-17)14(27)28)13(15(29)30)24-11(26)2-12(24)35-18/h3,5-6,12H,2,4H2,1H3,(H2,19,22)(H,23,25)(H,27,28)(H,29,30)/t12-,18?/m0/s1. The van der Waals surface area contributed by atoms with Gasteiger partial charge >= 0.3 is 11.9 Å². The number of carboxylic acids is 2. The van der Waals surface area contributed by atoms with Gasteiger partial charge < -0.3 is 26.1 Å². The largest absolute Gasteiger partial charge is 0.477 e. The molecule has 13 nitrogen and oxygen atoms in total. The number of carbonyl (C=O) groups excluding carboxylic acids is 2. The summed E-state index contributed by atoms with van der Waals surface area (Å²) in [6, 6.07) is 0. The molecule has 4 heterocycles. The summed E-state index contributed by atoms with van der Waals surface area (Å²) in [5, 5.41) is 28.1. The highest BCUT2D eigenvalue weighted by molar-refractivity contribution is 8.02. The Labute approximate surface area is 213 Å². The van der Waals surface area contributed by atoms with Gasteiger partial charge in [0.25, 0.3) is 5.91 Å². The number of oxime groups is 1. The molecule has 2 aliphatic heterocycles. The molecule has 184 valence electrons. The molecule has 2 amide bonds. The number of carbonyl (C=O) groups is 4. The maximum atomic E-state index is 12.8. The number of thiazole rings is 2. The number of thioether (sulfide) groups is 2. The Kier molecular flexibility index (Phi) is 7.02. The van der Waals surface area contributed by atoms with E-state index in [1.165, 1.54) is 17.4 Å². The number of fused-ring (bicyclic) bond motifs is 1. The van der Waals surface area contributed by atoms with E-state index in [0.717, 1.165) is 52.4 Å². The minimum absolute atomic E-state index is 0.0587. The molecule has 4 rings (SSSR count). The van der Waals surface area contributed by atoms with Crippen molar-refractivity contribution in [1.29, 1.82) is 0 Å². The van der Waals surface area contributed by atoms with Crippen LogP contribution >= 0.6 is 46.2 Å². The lowest BCUT2D eigenvalue weighted by atomic mass is 9.98. The molecule has 2 aromatic rings. The number of aromatic carboxylic acids is 1. The van der Waals surface area contributed by atoms with Gasteiger partial charge in [0.15, 0.2) is 20.0 Å². The van der Waals surface area contributed by atoms with Crippen molar-refractivity contribution < 1.29 is 34.2 Å². The number of β-lactam (4-membered cyclic amide) rings is 1. The first-order valence-corrected chi connectivity index (χ1v) is 13.2. The van der Waals surface area contributed by atoms with Crippen molar-refractivity contribution in [2.45, 2.75) is 21.0 Å². The Morgan fingerprint density at radius 1 is 1.34 bits per heavy atom. The van der Waals surface area contributed by atoms with Gasteiger partial charge in [-0.1, -0.05) is 28.7 Å². The molecule has 1 saturated heterocycles. The Morgan fingerprint density at radius 2 is 2.11 bits per heavy atom. The highest BCUT2D eigenvalue weighted by atomic mass is 32.2. The lowest BCUT2D eigenvalue weighted by Gasteiger charge is -2.51. The lowest BCUT2D eigenvalue weighted by Crippen LogP contribution is -2.61. The normalized spacial score (nSPS) is 21.6. The first-order chi connectivity index (χ1) is 16.7. The fourth-order valence-electron chi connectivity index (χ4n) is 3.43. The van der Waals surface area contributed by atoms with Crippen LogP contribution in [0.4, 0.5) is 5.13 Å². The summed E-state index contributed by atoms with van der Waals surface area (Å²) < 4.78 is 0.362. The topological polar surface area (TPSA) is 197 Å². The average Bonchev–Trinajstić information content (AvgIpc) is 3.45. The van der Waals surface area contributed by atoms with Gasteiger partial charge in [-0.25, -0.2) is 19.6 Å². The molecule has 0 aliphatic carbocycles. The van der Waals surface area contributed by atoms with Gasteiger partial charge in [-0.3, -0.25) is 14.5 Å². The van der Waals surface area contributed by atoms with E-state index in [2.05, 4.69) is 25.3 Å². The highest BCUT2D eigenvalue weighted by Gasteiger charge is 2.56. The van der Waals surface area contributed by atoms with Crippen molar-refractivity contribution in [3.8, 4) is 0 Å². The summed E-state index contributed by atoms with van der Waals surface area (Å²) in [5.74, 6) is -3.69. The van der Waals surface area contributed by atoms with Crippen molar-refractivity contribution >= 4 is 81.3 Å². The van der Waals surface area contributed by atoms with E-state index < -0.39 is 28.1 Å². The van der Waals surface area contributed by atoms with Crippen LogP contribution in [0.5, 0.6) is 0 Å². The third-order valence-corrected chi connectivity index (χ3v) is 9.15. The molecule has 35 heavy (non-hydrogen) atoms. The number of hydrogen-bond acceptors (Lipinski definition) is 13. The Morgan fingerprint density at radius 3 is 2.69 bits per heavy atom. The molecule has 0 aromatic carbocycles. The molecule has 0 radical (unpaired) electrons. The molecule has 0 spiro atoms. The number of aromatic nitrogens is 2. The molecular weight excluding hydrogens is 541 g/mol. The zero-order valence-corrected chi connectivity index (χ0v) is 20.9. The van der Waals surface area contributed by atoms with Gasteiger partial charge in [0, 0.05) is 22.1 Å². The number of nitrogen functional groups attached to an aromatic ring is 1. The number of amides is 2. The number of nitrogens with zero attached hydrogens (tertiary/aromatic N) is 4. The third-order valence-electron chi connectivity index (χ3n) is 4.87. The zero-order chi connectivity index (χ0) is 25.3. The maximum Gasteiger partial charge on any atom is 0.355 e. The van der Waals surface area contributed by atoms with Crippen molar-refractivity contribution in [2.24, 2.45) is 5.16 Å². The fraction of sp³-hybridized carbons (Fsp3) is 0.278. The molecule has 2 aliphatic rings. The second-order valence-corrected chi connectivity index (χ2v) is 11.3. The SMILES string of the molecule is CON=CC(=O)NC1(c2csc(N)n2)S[C@H]2CC(=O)N2C(C(=O)O)=C1CSc1nc(C(=O)O)cs1. The lowest BCUT2D eigenvalue weighted by molar-refractivity contribution is -0.146. The maximum absolute atomic E-state index is 12.8. The predicted octanol–water partition coefficient (Wildman–Crippen LogP) is 1.22. The van der Waals surface area contributed by atoms with Crippen LogP contribution in [0.1, 0.15) is 22.6 Å². The van der Waals surface area contributed by atoms with Gasteiger partial charge in [0.2, 0.25) is 5.91 Å². The second-order valence-electron chi connectivity index (χ2n) is 6.92. The van der Waals surface area contributed by atoms with Crippen molar-refractivity contribution in [1.82, 2.24) is 20.2 Å². The van der Waals surface area contributed by atoms with Gasteiger partial charge in [-0.2, -0.15) is 0 Å². The van der Waals surface area contributed by atoms with Crippen LogP contribution in [-0.2, 0) is 24.1 Å². The number of hydrogen-bond donors (Lipinski definition) is 4. The minimum Gasteiger partial charge on any atom is -0.477 e. The molecule has 0 saturated carbocycles. The number of nitrogens with two attached hydrogens (primary N) is 1. The number of carboxylic acid groups (broad SMARTS) is 2.